The van der Waals surface area contributed by atoms with Crippen LogP contribution in [-0.4, -0.2) is 96.7 Å². The van der Waals surface area contributed by atoms with Crippen molar-refractivity contribution in [1.29, 1.82) is 0 Å². The molecule has 0 aliphatic rings. The molecular weight excluding hydrogens is 1160 g/mol. The second-order valence-corrected chi connectivity index (χ2v) is 29.3. The van der Waals surface area contributed by atoms with Crippen molar-refractivity contribution in [3.05, 3.63) is 0 Å². The van der Waals surface area contributed by atoms with E-state index >= 15 is 0 Å². The van der Waals surface area contributed by atoms with Crippen LogP contribution in [0.4, 0.5) is 0 Å². The molecule has 88 heavy (non-hydrogen) atoms. The third-order valence-electron chi connectivity index (χ3n) is 16.5. The summed E-state index contributed by atoms with van der Waals surface area (Å²) in [5.74, 6) is 0.872. The lowest BCUT2D eigenvalue weighted by Crippen LogP contribution is -2.30. The number of ether oxygens (including phenoxy) is 4. The van der Waals surface area contributed by atoms with Gasteiger partial charge in [0.25, 0.3) is 0 Å². The average molecular weight is 1300 g/mol. The molecule has 19 heteroatoms. The van der Waals surface area contributed by atoms with Crippen LogP contribution in [0, 0.1) is 23.7 Å². The molecule has 0 heterocycles. The Balaban J connectivity index is 5.26. The summed E-state index contributed by atoms with van der Waals surface area (Å²) < 4.78 is 68.2. The zero-order valence-electron chi connectivity index (χ0n) is 57.3. The Hall–Kier alpha value is -1.94. The van der Waals surface area contributed by atoms with Crippen molar-refractivity contribution in [2.75, 3.05) is 39.6 Å². The van der Waals surface area contributed by atoms with Crippen LogP contribution in [0.15, 0.2) is 0 Å². The summed E-state index contributed by atoms with van der Waals surface area (Å²) >= 11 is 0. The highest BCUT2D eigenvalue weighted by molar-refractivity contribution is 7.47. The van der Waals surface area contributed by atoms with E-state index < -0.39 is 97.5 Å². The third kappa shape index (κ3) is 60.3. The highest BCUT2D eigenvalue weighted by atomic mass is 31.2. The predicted molar refractivity (Wildman–Crippen MR) is 354 cm³/mol. The second-order valence-electron chi connectivity index (χ2n) is 26.4. The molecule has 3 N–H and O–H groups in total. The van der Waals surface area contributed by atoms with Crippen LogP contribution in [0.5, 0.6) is 0 Å². The Labute approximate surface area is 537 Å². The lowest BCUT2D eigenvalue weighted by Gasteiger charge is -2.21. The minimum absolute atomic E-state index is 0.105. The SMILES string of the molecule is CCC(C)CCCCCCCCCCCCC(=O)O[C@H](COC(=O)CCCCCCCCC(C)CC)COP(=O)(O)OCC(O)COP(=O)(O)OC[C@@H](COC(=O)CCCCCCCCCC(C)C)OC(=O)CCCCCCCCCCCCCC(C)C. The van der Waals surface area contributed by atoms with E-state index in [0.717, 1.165) is 120 Å². The summed E-state index contributed by atoms with van der Waals surface area (Å²) in [6, 6.07) is 0. The van der Waals surface area contributed by atoms with Gasteiger partial charge >= 0.3 is 39.5 Å². The van der Waals surface area contributed by atoms with Gasteiger partial charge in [-0.1, -0.05) is 287 Å². The Bertz CT molecular complexity index is 1750. The first-order chi connectivity index (χ1) is 42.2. The van der Waals surface area contributed by atoms with Gasteiger partial charge in [-0.2, -0.15) is 0 Å². The van der Waals surface area contributed by atoms with Gasteiger partial charge in [0.1, 0.15) is 19.3 Å². The predicted octanol–water partition coefficient (Wildman–Crippen LogP) is 19.3. The smallest absolute Gasteiger partial charge is 0.462 e. The van der Waals surface area contributed by atoms with Gasteiger partial charge in [-0.15, -0.1) is 0 Å². The molecule has 0 aromatic carbocycles. The molecule has 0 bridgehead atoms. The molecule has 0 radical (unpaired) electrons. The first-order valence-corrected chi connectivity index (χ1v) is 38.8. The summed E-state index contributed by atoms with van der Waals surface area (Å²) in [6.45, 7) is 14.1. The second kappa shape index (κ2) is 58.8. The summed E-state index contributed by atoms with van der Waals surface area (Å²) in [4.78, 5) is 72.5. The van der Waals surface area contributed by atoms with Crippen molar-refractivity contribution in [3.63, 3.8) is 0 Å². The van der Waals surface area contributed by atoms with E-state index in [9.17, 15) is 43.2 Å². The van der Waals surface area contributed by atoms with Gasteiger partial charge in [-0.25, -0.2) is 9.13 Å². The van der Waals surface area contributed by atoms with E-state index in [1.165, 1.54) is 128 Å². The van der Waals surface area contributed by atoms with Crippen molar-refractivity contribution >= 4 is 39.5 Å². The number of rotatable bonds is 66. The van der Waals surface area contributed by atoms with Crippen molar-refractivity contribution in [3.8, 4) is 0 Å². The summed E-state index contributed by atoms with van der Waals surface area (Å²) in [5.41, 5.74) is 0. The van der Waals surface area contributed by atoms with Gasteiger partial charge in [0.2, 0.25) is 0 Å². The molecule has 522 valence electrons. The fourth-order valence-electron chi connectivity index (χ4n) is 10.2. The summed E-state index contributed by atoms with van der Waals surface area (Å²) in [6.07, 6.45) is 40.3. The molecule has 0 aromatic rings. The van der Waals surface area contributed by atoms with Crippen molar-refractivity contribution in [1.82, 2.24) is 0 Å². The van der Waals surface area contributed by atoms with E-state index in [4.69, 9.17) is 37.0 Å². The molecule has 7 atom stereocenters. The van der Waals surface area contributed by atoms with Crippen LogP contribution in [0.3, 0.4) is 0 Å². The van der Waals surface area contributed by atoms with Crippen LogP contribution in [0.2, 0.25) is 0 Å². The van der Waals surface area contributed by atoms with Crippen LogP contribution in [0.1, 0.15) is 338 Å². The quantitative estimate of drug-likeness (QED) is 0.0222. The fourth-order valence-corrected chi connectivity index (χ4v) is 11.8. The van der Waals surface area contributed by atoms with E-state index in [0.29, 0.717) is 31.6 Å². The van der Waals surface area contributed by atoms with E-state index in [1.807, 2.05) is 0 Å². The molecule has 5 unspecified atom stereocenters. The maximum Gasteiger partial charge on any atom is 0.472 e. The van der Waals surface area contributed by atoms with Crippen LogP contribution in [0.25, 0.3) is 0 Å². The average Bonchev–Trinajstić information content (AvgIpc) is 3.44. The molecule has 0 rings (SSSR count). The van der Waals surface area contributed by atoms with E-state index in [-0.39, 0.29) is 25.7 Å². The van der Waals surface area contributed by atoms with Crippen LogP contribution < -0.4 is 0 Å². The van der Waals surface area contributed by atoms with Crippen LogP contribution >= 0.6 is 15.6 Å². The van der Waals surface area contributed by atoms with Crippen molar-refractivity contribution < 1.29 is 80.2 Å². The lowest BCUT2D eigenvalue weighted by atomic mass is 9.99. The first-order valence-electron chi connectivity index (χ1n) is 35.8. The number of hydrogen-bond donors (Lipinski definition) is 3. The maximum absolute atomic E-state index is 13.0. The number of aliphatic hydroxyl groups is 1. The number of carbonyl (C=O) groups is 4. The Morgan fingerprint density at radius 1 is 0.318 bits per heavy atom. The highest BCUT2D eigenvalue weighted by Gasteiger charge is 2.30. The number of phosphoric ester groups is 2. The molecule has 0 fully saturated rings. The molecule has 0 spiro atoms. The number of carbonyl (C=O) groups excluding carboxylic acids is 4. The van der Waals surface area contributed by atoms with Crippen molar-refractivity contribution in [2.45, 2.75) is 356 Å². The molecule has 0 saturated carbocycles. The zero-order chi connectivity index (χ0) is 65.4. The number of unbranched alkanes of at least 4 members (excludes halogenated alkanes) is 30. The number of phosphoric acid groups is 2. The molecule has 0 amide bonds. The van der Waals surface area contributed by atoms with Crippen molar-refractivity contribution in [2.24, 2.45) is 23.7 Å². The van der Waals surface area contributed by atoms with Gasteiger partial charge in [0, 0.05) is 25.7 Å². The Morgan fingerprint density at radius 2 is 0.545 bits per heavy atom. The largest absolute Gasteiger partial charge is 0.472 e. The Morgan fingerprint density at radius 3 is 0.807 bits per heavy atom. The molecule has 0 aromatic heterocycles. The minimum atomic E-state index is -4.95. The highest BCUT2D eigenvalue weighted by Crippen LogP contribution is 2.45. The number of aliphatic hydroxyl groups excluding tert-OH is 1. The normalized spacial score (nSPS) is 14.9. The monoisotopic (exact) mass is 1300 g/mol. The Kier molecular flexibility index (Phi) is 57.6. The standard InChI is InChI=1S/C69H134O17P2/c1-9-61(7)47-39-31-23-17-14-15-19-25-36-44-52-69(74)86-65(56-80-67(72)50-42-34-28-27-32-40-48-62(8)10-2)58-84-88(77,78)82-54-63(70)53-81-87(75,76)83-57-64(55-79-66(71)49-41-33-26-20-22-30-38-46-60(5)6)85-68(73)51-43-35-24-18-13-11-12-16-21-29-37-45-59(3)4/h59-65,70H,9-58H2,1-8H3,(H,75,76)(H,77,78)/t61?,62?,63?,64-,65-/m1/s1. The fraction of sp³-hybridized carbons (Fsp3) is 0.942. The topological polar surface area (TPSA) is 237 Å². The summed E-state index contributed by atoms with van der Waals surface area (Å²) in [7, 11) is -9.90. The zero-order valence-corrected chi connectivity index (χ0v) is 59.1. The first kappa shape index (κ1) is 86.1. The number of esters is 4. The van der Waals surface area contributed by atoms with Gasteiger partial charge in [0.15, 0.2) is 12.2 Å². The van der Waals surface area contributed by atoms with E-state index in [2.05, 4.69) is 55.4 Å². The third-order valence-corrected chi connectivity index (χ3v) is 18.4. The maximum atomic E-state index is 13.0. The molecule has 17 nitrogen and oxygen atoms in total. The van der Waals surface area contributed by atoms with Gasteiger partial charge in [-0.05, 0) is 49.4 Å². The van der Waals surface area contributed by atoms with Gasteiger partial charge < -0.3 is 33.8 Å². The van der Waals surface area contributed by atoms with Gasteiger partial charge in [-0.3, -0.25) is 37.3 Å². The van der Waals surface area contributed by atoms with E-state index in [1.54, 1.807) is 0 Å². The lowest BCUT2D eigenvalue weighted by molar-refractivity contribution is -0.161. The number of hydrogen-bond acceptors (Lipinski definition) is 15. The molecule has 0 saturated heterocycles. The molecule has 0 aliphatic carbocycles. The van der Waals surface area contributed by atoms with Gasteiger partial charge in [0.05, 0.1) is 26.4 Å². The summed E-state index contributed by atoms with van der Waals surface area (Å²) in [5, 5.41) is 10.6. The van der Waals surface area contributed by atoms with Crippen LogP contribution in [-0.2, 0) is 65.4 Å². The minimum Gasteiger partial charge on any atom is -0.462 e. The molecule has 0 aliphatic heterocycles. The molecular formula is C69H134O17P2.